The van der Waals surface area contributed by atoms with Gasteiger partial charge in [0.1, 0.15) is 11.6 Å². The van der Waals surface area contributed by atoms with E-state index >= 15 is 0 Å². The molecule has 116 valence electrons. The Labute approximate surface area is 127 Å². The first-order chi connectivity index (χ1) is 10.6. The van der Waals surface area contributed by atoms with Gasteiger partial charge in [0, 0.05) is 12.2 Å². The number of halogens is 1. The lowest BCUT2D eigenvalue weighted by molar-refractivity contribution is 0.175. The molecule has 0 radical (unpaired) electrons. The molecule has 0 heterocycles. The van der Waals surface area contributed by atoms with Gasteiger partial charge in [-0.2, -0.15) is 0 Å². The van der Waals surface area contributed by atoms with Gasteiger partial charge in [0.15, 0.2) is 0 Å². The molecule has 6 heteroatoms. The van der Waals surface area contributed by atoms with Crippen molar-refractivity contribution in [1.82, 2.24) is 5.32 Å². The molecule has 0 bridgehead atoms. The van der Waals surface area contributed by atoms with Crippen LogP contribution in [0.15, 0.2) is 48.5 Å². The number of hydrogen-bond acceptors (Lipinski definition) is 3. The second kappa shape index (κ2) is 7.42. The SMILES string of the molecule is COc1ccc([C@@H](O)CNC(=O)Nc2ccc(F)cc2)cc1. The number of carbonyl (C=O) groups excluding carboxylic acids is 1. The van der Waals surface area contributed by atoms with Crippen molar-refractivity contribution in [2.24, 2.45) is 0 Å². The molecule has 5 nitrogen and oxygen atoms in total. The van der Waals surface area contributed by atoms with Crippen LogP contribution in [0.25, 0.3) is 0 Å². The molecule has 0 aliphatic carbocycles. The zero-order chi connectivity index (χ0) is 15.9. The summed E-state index contributed by atoms with van der Waals surface area (Å²) in [6.45, 7) is 0.0549. The molecule has 1 atom stereocenters. The molecular formula is C16H17FN2O3. The van der Waals surface area contributed by atoms with E-state index in [1.807, 2.05) is 0 Å². The minimum Gasteiger partial charge on any atom is -0.497 e. The van der Waals surface area contributed by atoms with Crippen LogP contribution in [0.2, 0.25) is 0 Å². The van der Waals surface area contributed by atoms with Crippen molar-refractivity contribution < 1.29 is 19.0 Å². The van der Waals surface area contributed by atoms with Crippen LogP contribution in [-0.2, 0) is 0 Å². The maximum absolute atomic E-state index is 12.7. The smallest absolute Gasteiger partial charge is 0.319 e. The zero-order valence-electron chi connectivity index (χ0n) is 12.0. The Morgan fingerprint density at radius 2 is 1.82 bits per heavy atom. The number of nitrogens with one attached hydrogen (secondary N) is 2. The molecule has 2 aromatic carbocycles. The number of benzene rings is 2. The van der Waals surface area contributed by atoms with Gasteiger partial charge >= 0.3 is 6.03 Å². The molecule has 0 fully saturated rings. The number of urea groups is 1. The summed E-state index contributed by atoms with van der Waals surface area (Å²) < 4.78 is 17.8. The third kappa shape index (κ3) is 4.46. The summed E-state index contributed by atoms with van der Waals surface area (Å²) in [6, 6.07) is 11.9. The summed E-state index contributed by atoms with van der Waals surface area (Å²) in [5.41, 5.74) is 1.14. The average molecular weight is 304 g/mol. The Morgan fingerprint density at radius 3 is 2.41 bits per heavy atom. The van der Waals surface area contributed by atoms with Crippen molar-refractivity contribution in [2.75, 3.05) is 19.0 Å². The summed E-state index contributed by atoms with van der Waals surface area (Å²) in [5.74, 6) is 0.318. The van der Waals surface area contributed by atoms with Gasteiger partial charge in [-0.05, 0) is 42.0 Å². The Kier molecular flexibility index (Phi) is 5.32. The van der Waals surface area contributed by atoms with Gasteiger partial charge in [-0.1, -0.05) is 12.1 Å². The molecule has 2 aromatic rings. The molecular weight excluding hydrogens is 287 g/mol. The largest absolute Gasteiger partial charge is 0.497 e. The Balaban J connectivity index is 1.83. The van der Waals surface area contributed by atoms with Crippen LogP contribution >= 0.6 is 0 Å². The van der Waals surface area contributed by atoms with Gasteiger partial charge in [-0.3, -0.25) is 0 Å². The Morgan fingerprint density at radius 1 is 1.18 bits per heavy atom. The van der Waals surface area contributed by atoms with Gasteiger partial charge in [0.05, 0.1) is 13.2 Å². The molecule has 0 unspecified atom stereocenters. The highest BCUT2D eigenvalue weighted by Crippen LogP contribution is 2.17. The van der Waals surface area contributed by atoms with Crippen molar-refractivity contribution in [3.8, 4) is 5.75 Å². The summed E-state index contributed by atoms with van der Waals surface area (Å²) in [5, 5.41) is 15.1. The molecule has 0 saturated heterocycles. The van der Waals surface area contributed by atoms with Crippen molar-refractivity contribution >= 4 is 11.7 Å². The monoisotopic (exact) mass is 304 g/mol. The maximum Gasteiger partial charge on any atom is 0.319 e. The normalized spacial score (nSPS) is 11.6. The number of ether oxygens (including phenoxy) is 1. The van der Waals surface area contributed by atoms with E-state index in [9.17, 15) is 14.3 Å². The molecule has 2 amide bonds. The van der Waals surface area contributed by atoms with E-state index in [0.717, 1.165) is 0 Å². The van der Waals surface area contributed by atoms with Crippen LogP contribution in [0, 0.1) is 5.82 Å². The summed E-state index contributed by atoms with van der Waals surface area (Å²) in [6.07, 6.45) is -0.829. The van der Waals surface area contributed by atoms with Crippen molar-refractivity contribution in [3.05, 3.63) is 59.9 Å². The van der Waals surface area contributed by atoms with Crippen LogP contribution in [-0.4, -0.2) is 24.8 Å². The fourth-order valence-electron chi connectivity index (χ4n) is 1.84. The highest BCUT2D eigenvalue weighted by Gasteiger charge is 2.09. The van der Waals surface area contributed by atoms with E-state index < -0.39 is 12.1 Å². The molecule has 3 N–H and O–H groups in total. The highest BCUT2D eigenvalue weighted by atomic mass is 19.1. The van der Waals surface area contributed by atoms with E-state index in [1.165, 1.54) is 24.3 Å². The molecule has 0 saturated carbocycles. The van der Waals surface area contributed by atoms with E-state index in [0.29, 0.717) is 17.0 Å². The van der Waals surface area contributed by atoms with Gasteiger partial charge in [-0.15, -0.1) is 0 Å². The first kappa shape index (κ1) is 15.8. The lowest BCUT2D eigenvalue weighted by Crippen LogP contribution is -2.32. The third-order valence-electron chi connectivity index (χ3n) is 3.06. The molecule has 0 aliphatic heterocycles. The second-order valence-corrected chi connectivity index (χ2v) is 4.63. The predicted molar refractivity (Wildman–Crippen MR) is 81.4 cm³/mol. The number of anilines is 1. The molecule has 0 spiro atoms. The van der Waals surface area contributed by atoms with E-state index in [4.69, 9.17) is 4.74 Å². The topological polar surface area (TPSA) is 70.6 Å². The van der Waals surface area contributed by atoms with Crippen molar-refractivity contribution in [3.63, 3.8) is 0 Å². The summed E-state index contributed by atoms with van der Waals surface area (Å²) >= 11 is 0. The Hall–Kier alpha value is -2.60. The minimum atomic E-state index is -0.829. The van der Waals surface area contributed by atoms with Crippen LogP contribution in [0.1, 0.15) is 11.7 Å². The number of methoxy groups -OCH3 is 1. The number of aliphatic hydroxyl groups is 1. The molecule has 0 aromatic heterocycles. The highest BCUT2D eigenvalue weighted by molar-refractivity contribution is 5.89. The molecule has 22 heavy (non-hydrogen) atoms. The minimum absolute atomic E-state index is 0.0549. The number of rotatable bonds is 5. The van der Waals surface area contributed by atoms with Crippen LogP contribution < -0.4 is 15.4 Å². The number of hydrogen-bond donors (Lipinski definition) is 3. The average Bonchev–Trinajstić information content (AvgIpc) is 2.55. The Bertz CT molecular complexity index is 614. The van der Waals surface area contributed by atoms with Crippen molar-refractivity contribution in [2.45, 2.75) is 6.10 Å². The molecule has 2 rings (SSSR count). The van der Waals surface area contributed by atoms with E-state index in [1.54, 1.807) is 31.4 Å². The first-order valence-corrected chi connectivity index (χ1v) is 6.71. The van der Waals surface area contributed by atoms with Crippen LogP contribution in [0.5, 0.6) is 5.75 Å². The number of aliphatic hydroxyl groups excluding tert-OH is 1. The van der Waals surface area contributed by atoms with Gasteiger partial charge < -0.3 is 20.5 Å². The maximum atomic E-state index is 12.7. The zero-order valence-corrected chi connectivity index (χ0v) is 12.0. The predicted octanol–water partition coefficient (Wildman–Crippen LogP) is 2.69. The number of carbonyl (C=O) groups is 1. The van der Waals surface area contributed by atoms with Crippen LogP contribution in [0.3, 0.4) is 0 Å². The fraction of sp³-hybridized carbons (Fsp3) is 0.188. The lowest BCUT2D eigenvalue weighted by Gasteiger charge is -2.13. The summed E-state index contributed by atoms with van der Waals surface area (Å²) in [7, 11) is 1.56. The van der Waals surface area contributed by atoms with Gasteiger partial charge in [0.2, 0.25) is 0 Å². The standard InChI is InChI=1S/C16H17FN2O3/c1-22-14-8-2-11(3-9-14)15(20)10-18-16(21)19-13-6-4-12(17)5-7-13/h2-9,15,20H,10H2,1H3,(H2,18,19,21)/t15-/m0/s1. The lowest BCUT2D eigenvalue weighted by atomic mass is 10.1. The first-order valence-electron chi connectivity index (χ1n) is 6.71. The van der Waals surface area contributed by atoms with Crippen molar-refractivity contribution in [1.29, 1.82) is 0 Å². The van der Waals surface area contributed by atoms with Crippen LogP contribution in [0.4, 0.5) is 14.9 Å². The fourth-order valence-corrected chi connectivity index (χ4v) is 1.84. The van der Waals surface area contributed by atoms with E-state index in [2.05, 4.69) is 10.6 Å². The number of amides is 2. The van der Waals surface area contributed by atoms with E-state index in [-0.39, 0.29) is 12.4 Å². The van der Waals surface area contributed by atoms with Gasteiger partial charge in [-0.25, -0.2) is 9.18 Å². The second-order valence-electron chi connectivity index (χ2n) is 4.63. The summed E-state index contributed by atoms with van der Waals surface area (Å²) in [4.78, 5) is 11.7. The quantitative estimate of drug-likeness (QED) is 0.795. The third-order valence-corrected chi connectivity index (χ3v) is 3.06. The molecule has 0 aliphatic rings. The van der Waals surface area contributed by atoms with Gasteiger partial charge in [0.25, 0.3) is 0 Å².